The maximum absolute atomic E-state index is 13.5. The summed E-state index contributed by atoms with van der Waals surface area (Å²) in [5, 5.41) is 2.74. The van der Waals surface area contributed by atoms with Gasteiger partial charge < -0.3 is 5.32 Å². The van der Waals surface area contributed by atoms with E-state index >= 15 is 0 Å². The molecule has 33 heavy (non-hydrogen) atoms. The molecule has 1 amide bonds. The molecule has 3 aromatic rings. The van der Waals surface area contributed by atoms with Gasteiger partial charge in [-0.2, -0.15) is 13.1 Å². The molecule has 1 heterocycles. The second kappa shape index (κ2) is 9.62. The Morgan fingerprint density at radius 1 is 1.00 bits per heavy atom. The maximum Gasteiger partial charge on any atom is 0.288 e. The van der Waals surface area contributed by atoms with E-state index in [0.29, 0.717) is 22.3 Å². The number of halogens is 2. The molecule has 0 spiro atoms. The fourth-order valence-electron chi connectivity index (χ4n) is 3.77. The molecule has 1 aliphatic heterocycles. The molecule has 3 aromatic carbocycles. The van der Waals surface area contributed by atoms with Gasteiger partial charge in [0, 0.05) is 17.1 Å². The summed E-state index contributed by atoms with van der Waals surface area (Å²) in [6.45, 7) is 1.95. The Hall–Kier alpha value is -2.75. The number of thioether (sulfide) groups is 1. The molecule has 0 fully saturated rings. The van der Waals surface area contributed by atoms with Crippen molar-refractivity contribution in [2.75, 3.05) is 5.32 Å². The maximum atomic E-state index is 13.5. The van der Waals surface area contributed by atoms with Gasteiger partial charge in [0.05, 0.1) is 4.90 Å². The highest BCUT2D eigenvalue weighted by atomic mass is 32.2. The second-order valence-corrected chi connectivity index (χ2v) is 10.7. The first-order chi connectivity index (χ1) is 15.7. The largest absolute Gasteiger partial charge is 0.325 e. The van der Waals surface area contributed by atoms with Crippen molar-refractivity contribution in [3.05, 3.63) is 89.5 Å². The number of aryl methyl sites for hydroxylation is 1. The highest BCUT2D eigenvalue weighted by Crippen LogP contribution is 2.31. The zero-order valence-corrected chi connectivity index (χ0v) is 19.4. The summed E-state index contributed by atoms with van der Waals surface area (Å²) in [5.74, 6) is -3.01. The van der Waals surface area contributed by atoms with E-state index in [0.717, 1.165) is 16.7 Å². The Bertz CT molecular complexity index is 1250. The van der Waals surface area contributed by atoms with Gasteiger partial charge in [-0.05, 0) is 60.9 Å². The van der Waals surface area contributed by atoms with Crippen molar-refractivity contribution in [2.24, 2.45) is 0 Å². The van der Waals surface area contributed by atoms with Crippen molar-refractivity contribution in [1.29, 1.82) is 0 Å². The average molecular weight is 489 g/mol. The van der Waals surface area contributed by atoms with Crippen LogP contribution in [-0.2, 0) is 27.8 Å². The van der Waals surface area contributed by atoms with E-state index in [-0.39, 0.29) is 17.9 Å². The third-order valence-electron chi connectivity index (χ3n) is 5.48. The molecule has 0 radical (unpaired) electrons. The second-order valence-electron chi connectivity index (χ2n) is 7.74. The van der Waals surface area contributed by atoms with Gasteiger partial charge in [-0.25, -0.2) is 8.42 Å². The Kier molecular flexibility index (Phi) is 6.83. The van der Waals surface area contributed by atoms with Gasteiger partial charge in [-0.15, -0.1) is 0 Å². The summed E-state index contributed by atoms with van der Waals surface area (Å²) in [6, 6.07) is 19.1. The number of fused-ring (bicyclic) bond motifs is 1. The van der Waals surface area contributed by atoms with Crippen LogP contribution in [0.1, 0.15) is 16.7 Å². The molecule has 1 atom stereocenters. The summed E-state index contributed by atoms with van der Waals surface area (Å²) in [5.41, 5.74) is 3.10. The van der Waals surface area contributed by atoms with Gasteiger partial charge in [0.15, 0.2) is 0 Å². The normalized spacial score (nSPS) is 16.4. The van der Waals surface area contributed by atoms with Crippen molar-refractivity contribution >= 4 is 33.4 Å². The van der Waals surface area contributed by atoms with Crippen LogP contribution >= 0.6 is 11.8 Å². The Labute approximate surface area is 195 Å². The molecule has 4 rings (SSSR count). The van der Waals surface area contributed by atoms with Crippen LogP contribution in [0, 0.1) is 6.92 Å². The number of hydrogen-bond donors (Lipinski definition) is 1. The summed E-state index contributed by atoms with van der Waals surface area (Å²) < 4.78 is 53.3. The van der Waals surface area contributed by atoms with Gasteiger partial charge in [0.1, 0.15) is 6.04 Å². The lowest BCUT2D eigenvalue weighted by atomic mass is 9.95. The summed E-state index contributed by atoms with van der Waals surface area (Å²) in [4.78, 5) is 13.7. The molecule has 1 N–H and O–H groups in total. The lowest BCUT2D eigenvalue weighted by Crippen LogP contribution is -2.50. The van der Waals surface area contributed by atoms with Crippen LogP contribution in [0.5, 0.6) is 0 Å². The average Bonchev–Trinajstić information content (AvgIpc) is 2.79. The van der Waals surface area contributed by atoms with E-state index in [1.165, 1.54) is 28.6 Å². The molecule has 5 nitrogen and oxygen atoms in total. The van der Waals surface area contributed by atoms with E-state index in [1.54, 1.807) is 24.3 Å². The molecule has 0 bridgehead atoms. The van der Waals surface area contributed by atoms with Crippen molar-refractivity contribution in [3.63, 3.8) is 0 Å². The van der Waals surface area contributed by atoms with Gasteiger partial charge in [-0.1, -0.05) is 53.7 Å². The van der Waals surface area contributed by atoms with E-state index < -0.39 is 27.7 Å². The third kappa shape index (κ3) is 5.26. The lowest BCUT2D eigenvalue weighted by Gasteiger charge is -2.35. The number of benzene rings is 3. The quantitative estimate of drug-likeness (QED) is 0.493. The van der Waals surface area contributed by atoms with Crippen LogP contribution in [0.3, 0.4) is 0 Å². The Balaban J connectivity index is 1.63. The van der Waals surface area contributed by atoms with Gasteiger partial charge in [0.2, 0.25) is 15.9 Å². The molecular formula is C24H22F2N2O3S2. The Morgan fingerprint density at radius 2 is 1.64 bits per heavy atom. The highest BCUT2D eigenvalue weighted by Gasteiger charge is 2.39. The molecule has 0 aromatic heterocycles. The first kappa shape index (κ1) is 23.4. The van der Waals surface area contributed by atoms with E-state index in [4.69, 9.17) is 0 Å². The van der Waals surface area contributed by atoms with E-state index in [2.05, 4.69) is 5.32 Å². The van der Waals surface area contributed by atoms with E-state index in [9.17, 15) is 22.0 Å². The smallest absolute Gasteiger partial charge is 0.288 e. The molecule has 0 saturated carbocycles. The van der Waals surface area contributed by atoms with Crippen LogP contribution < -0.4 is 5.32 Å². The van der Waals surface area contributed by atoms with Crippen molar-refractivity contribution in [1.82, 2.24) is 4.31 Å². The van der Waals surface area contributed by atoms with Crippen molar-refractivity contribution in [3.8, 4) is 0 Å². The van der Waals surface area contributed by atoms with Crippen LogP contribution in [0.2, 0.25) is 0 Å². The topological polar surface area (TPSA) is 66.5 Å². The minimum absolute atomic E-state index is 0.0778. The number of amides is 1. The standard InChI is InChI=1S/C24H22F2N2O3S2/c1-16-6-12-21(13-7-16)33(30,31)28-15-18-5-3-2-4-17(18)14-22(28)23(29)27-19-8-10-20(11-9-19)32-24(25)26/h2-13,22,24H,14-15H2,1H3,(H,27,29)/t22-/m0/s1. The minimum Gasteiger partial charge on any atom is -0.325 e. The van der Waals surface area contributed by atoms with Gasteiger partial charge in [0.25, 0.3) is 5.76 Å². The highest BCUT2D eigenvalue weighted by molar-refractivity contribution is 7.99. The molecule has 172 valence electrons. The van der Waals surface area contributed by atoms with Gasteiger partial charge >= 0.3 is 0 Å². The monoisotopic (exact) mass is 488 g/mol. The number of sulfonamides is 1. The minimum atomic E-state index is -3.94. The number of alkyl halides is 2. The first-order valence-electron chi connectivity index (χ1n) is 10.2. The zero-order chi connectivity index (χ0) is 23.6. The molecule has 9 heteroatoms. The van der Waals surface area contributed by atoms with Crippen molar-refractivity contribution < 1.29 is 22.0 Å². The number of carbonyl (C=O) groups excluding carboxylic acids is 1. The summed E-state index contributed by atoms with van der Waals surface area (Å²) >= 11 is 0.415. The number of carbonyl (C=O) groups is 1. The fourth-order valence-corrected chi connectivity index (χ4v) is 5.83. The molecular weight excluding hydrogens is 466 g/mol. The number of anilines is 1. The number of rotatable bonds is 6. The summed E-state index contributed by atoms with van der Waals surface area (Å²) in [6.07, 6.45) is 0.229. The fraction of sp³-hybridized carbons (Fsp3) is 0.208. The van der Waals surface area contributed by atoms with Crippen LogP contribution in [0.15, 0.2) is 82.6 Å². The lowest BCUT2D eigenvalue weighted by molar-refractivity contribution is -0.120. The van der Waals surface area contributed by atoms with E-state index in [1.807, 2.05) is 31.2 Å². The van der Waals surface area contributed by atoms with Crippen LogP contribution in [-0.4, -0.2) is 30.4 Å². The number of nitrogens with one attached hydrogen (secondary N) is 1. The van der Waals surface area contributed by atoms with Crippen molar-refractivity contribution in [2.45, 2.75) is 41.5 Å². The predicted molar refractivity (Wildman–Crippen MR) is 125 cm³/mol. The van der Waals surface area contributed by atoms with Crippen LogP contribution in [0.4, 0.5) is 14.5 Å². The SMILES string of the molecule is Cc1ccc(S(=O)(=O)N2Cc3ccccc3C[C@H]2C(=O)Nc2ccc(SC(F)F)cc2)cc1. The Morgan fingerprint density at radius 3 is 2.27 bits per heavy atom. The molecule has 0 aliphatic carbocycles. The molecule has 1 aliphatic rings. The number of hydrogen-bond acceptors (Lipinski definition) is 4. The molecule has 0 saturated heterocycles. The zero-order valence-electron chi connectivity index (χ0n) is 17.7. The third-order valence-corrected chi connectivity index (χ3v) is 8.07. The number of nitrogens with zero attached hydrogens (tertiary/aromatic N) is 1. The predicted octanol–water partition coefficient (Wildman–Crippen LogP) is 5.06. The van der Waals surface area contributed by atoms with Gasteiger partial charge in [-0.3, -0.25) is 4.79 Å². The summed E-state index contributed by atoms with van der Waals surface area (Å²) in [7, 11) is -3.94. The first-order valence-corrected chi connectivity index (χ1v) is 12.6. The van der Waals surface area contributed by atoms with Crippen LogP contribution in [0.25, 0.3) is 0 Å². The molecule has 0 unspecified atom stereocenters.